The molecule has 1 aliphatic rings. The molecule has 0 radical (unpaired) electrons. The minimum Gasteiger partial charge on any atom is -0.394 e. The number of halogens is 4. The number of rotatable bonds is 2. The Morgan fingerprint density at radius 3 is 2.68 bits per heavy atom. The first-order valence-electron chi connectivity index (χ1n) is 5.75. The molecule has 1 fully saturated rings. The molecular weight excluding hydrogens is 266 g/mol. The number of hydrogen-bond acceptors (Lipinski definition) is 3. The van der Waals surface area contributed by atoms with Crippen LogP contribution >= 0.6 is 0 Å². The fraction of sp³-hybridized carbons (Fsp3) is 0.500. The molecule has 7 heteroatoms. The molecule has 0 aliphatic carbocycles. The van der Waals surface area contributed by atoms with Crippen LogP contribution in [0.2, 0.25) is 0 Å². The van der Waals surface area contributed by atoms with E-state index in [-0.39, 0.29) is 18.9 Å². The average Bonchev–Trinajstić information content (AvgIpc) is 2.37. The summed E-state index contributed by atoms with van der Waals surface area (Å²) in [6.07, 6.45) is -4.57. The van der Waals surface area contributed by atoms with E-state index in [0.717, 1.165) is 12.1 Å². The van der Waals surface area contributed by atoms with Gasteiger partial charge in [0.1, 0.15) is 5.82 Å². The summed E-state index contributed by atoms with van der Waals surface area (Å²) in [6.45, 7) is 0.641. The van der Waals surface area contributed by atoms with Gasteiger partial charge < -0.3 is 14.7 Å². The maximum absolute atomic E-state index is 13.8. The van der Waals surface area contributed by atoms with Crippen LogP contribution in [-0.4, -0.2) is 37.5 Å². The summed E-state index contributed by atoms with van der Waals surface area (Å²) in [5.41, 5.74) is -0.974. The van der Waals surface area contributed by atoms with Crippen LogP contribution in [0.15, 0.2) is 18.2 Å². The number of ether oxygens (including phenoxy) is 1. The lowest BCUT2D eigenvalue weighted by Gasteiger charge is -2.36. The number of morpholine rings is 1. The van der Waals surface area contributed by atoms with E-state index in [0.29, 0.717) is 19.2 Å². The summed E-state index contributed by atoms with van der Waals surface area (Å²) in [7, 11) is 0. The lowest BCUT2D eigenvalue weighted by molar-refractivity contribution is -0.137. The fourth-order valence-electron chi connectivity index (χ4n) is 2.04. The van der Waals surface area contributed by atoms with E-state index in [4.69, 9.17) is 4.74 Å². The molecule has 3 nitrogen and oxygen atoms in total. The van der Waals surface area contributed by atoms with Crippen molar-refractivity contribution < 1.29 is 27.4 Å². The lowest BCUT2D eigenvalue weighted by Crippen LogP contribution is -2.48. The maximum atomic E-state index is 13.8. The van der Waals surface area contributed by atoms with Gasteiger partial charge in [0, 0.05) is 6.54 Å². The van der Waals surface area contributed by atoms with Gasteiger partial charge in [0.2, 0.25) is 0 Å². The van der Waals surface area contributed by atoms with E-state index in [1.54, 1.807) is 0 Å². The van der Waals surface area contributed by atoms with Gasteiger partial charge in [0.15, 0.2) is 0 Å². The number of nitrogens with zero attached hydrogens (tertiary/aromatic N) is 1. The van der Waals surface area contributed by atoms with Crippen LogP contribution in [0.5, 0.6) is 0 Å². The topological polar surface area (TPSA) is 32.7 Å². The zero-order chi connectivity index (χ0) is 14.0. The Labute approximate surface area is 107 Å². The van der Waals surface area contributed by atoms with Crippen LogP contribution < -0.4 is 4.90 Å². The summed E-state index contributed by atoms with van der Waals surface area (Å²) < 4.78 is 56.3. The second-order valence-electron chi connectivity index (χ2n) is 4.27. The van der Waals surface area contributed by atoms with Gasteiger partial charge in [-0.25, -0.2) is 4.39 Å². The number of aliphatic hydroxyl groups excluding tert-OH is 1. The third-order valence-electron chi connectivity index (χ3n) is 3.02. The van der Waals surface area contributed by atoms with Gasteiger partial charge in [-0.2, -0.15) is 13.2 Å². The Morgan fingerprint density at radius 1 is 1.37 bits per heavy atom. The summed E-state index contributed by atoms with van der Waals surface area (Å²) in [4.78, 5) is 1.53. The van der Waals surface area contributed by atoms with Crippen LogP contribution in [0.1, 0.15) is 5.56 Å². The minimum atomic E-state index is -4.57. The van der Waals surface area contributed by atoms with Gasteiger partial charge in [-0.05, 0) is 18.2 Å². The fourth-order valence-corrected chi connectivity index (χ4v) is 2.04. The molecule has 1 atom stereocenters. The molecule has 0 amide bonds. The molecule has 1 aromatic carbocycles. The minimum absolute atomic E-state index is 0.0513. The van der Waals surface area contributed by atoms with Gasteiger partial charge in [-0.15, -0.1) is 0 Å². The number of aliphatic hydroxyl groups is 1. The van der Waals surface area contributed by atoms with Crippen molar-refractivity contribution in [3.8, 4) is 0 Å². The Balaban J connectivity index is 2.30. The third-order valence-corrected chi connectivity index (χ3v) is 3.02. The molecule has 1 N–H and O–H groups in total. The van der Waals surface area contributed by atoms with Crippen molar-refractivity contribution in [1.29, 1.82) is 0 Å². The first kappa shape index (κ1) is 14.1. The number of anilines is 1. The van der Waals surface area contributed by atoms with Gasteiger partial charge in [0.25, 0.3) is 0 Å². The summed E-state index contributed by atoms with van der Waals surface area (Å²) >= 11 is 0. The Bertz CT molecular complexity index is 450. The van der Waals surface area contributed by atoms with Crippen molar-refractivity contribution >= 4 is 5.69 Å². The normalized spacial score (nSPS) is 20.7. The molecule has 0 bridgehead atoms. The van der Waals surface area contributed by atoms with Gasteiger partial charge in [-0.1, -0.05) is 0 Å². The molecular formula is C12H13F4NO2. The monoisotopic (exact) mass is 279 g/mol. The zero-order valence-electron chi connectivity index (χ0n) is 9.95. The van der Waals surface area contributed by atoms with E-state index in [1.807, 2.05) is 0 Å². The molecule has 1 saturated heterocycles. The highest BCUT2D eigenvalue weighted by molar-refractivity contribution is 5.51. The van der Waals surface area contributed by atoms with E-state index in [1.165, 1.54) is 4.90 Å². The average molecular weight is 279 g/mol. The molecule has 1 aromatic rings. The molecule has 1 unspecified atom stereocenters. The molecule has 0 saturated carbocycles. The number of hydrogen-bond donors (Lipinski definition) is 1. The van der Waals surface area contributed by atoms with E-state index >= 15 is 0 Å². The van der Waals surface area contributed by atoms with Crippen molar-refractivity contribution in [3.05, 3.63) is 29.6 Å². The van der Waals surface area contributed by atoms with Crippen molar-refractivity contribution in [2.45, 2.75) is 12.2 Å². The Hall–Kier alpha value is -1.34. The summed E-state index contributed by atoms with van der Waals surface area (Å²) in [5.74, 6) is -0.949. The smallest absolute Gasteiger partial charge is 0.394 e. The third kappa shape index (κ3) is 2.98. The molecule has 0 aromatic heterocycles. The quantitative estimate of drug-likeness (QED) is 0.841. The predicted molar refractivity (Wildman–Crippen MR) is 60.4 cm³/mol. The van der Waals surface area contributed by atoms with E-state index in [9.17, 15) is 22.7 Å². The van der Waals surface area contributed by atoms with Crippen molar-refractivity contribution in [2.75, 3.05) is 31.3 Å². The van der Waals surface area contributed by atoms with Crippen molar-refractivity contribution in [3.63, 3.8) is 0 Å². The highest BCUT2D eigenvalue weighted by Crippen LogP contribution is 2.33. The second kappa shape index (κ2) is 5.34. The molecule has 19 heavy (non-hydrogen) atoms. The molecule has 2 rings (SSSR count). The highest BCUT2D eigenvalue weighted by atomic mass is 19.4. The standard InChI is InChI=1S/C12H13F4NO2/c13-10-5-8(12(14,15)16)1-2-11(10)17-3-4-19-7-9(17)6-18/h1-2,5,9,18H,3-4,6-7H2. The van der Waals surface area contributed by atoms with Crippen LogP contribution in [0.25, 0.3) is 0 Å². The van der Waals surface area contributed by atoms with Crippen LogP contribution in [0.3, 0.4) is 0 Å². The maximum Gasteiger partial charge on any atom is 0.416 e. The molecule has 1 heterocycles. The molecule has 0 spiro atoms. The lowest BCUT2D eigenvalue weighted by atomic mass is 10.1. The highest BCUT2D eigenvalue weighted by Gasteiger charge is 2.32. The van der Waals surface area contributed by atoms with Crippen molar-refractivity contribution in [2.24, 2.45) is 0 Å². The Morgan fingerprint density at radius 2 is 2.11 bits per heavy atom. The first-order chi connectivity index (χ1) is 8.93. The van der Waals surface area contributed by atoms with Crippen LogP contribution in [-0.2, 0) is 10.9 Å². The van der Waals surface area contributed by atoms with Gasteiger partial charge in [0.05, 0.1) is 37.1 Å². The molecule has 1 aliphatic heterocycles. The van der Waals surface area contributed by atoms with Gasteiger partial charge in [-0.3, -0.25) is 0 Å². The SMILES string of the molecule is OCC1COCCN1c1ccc(C(F)(F)F)cc1F. The van der Waals surface area contributed by atoms with E-state index < -0.39 is 23.6 Å². The van der Waals surface area contributed by atoms with Gasteiger partial charge >= 0.3 is 6.18 Å². The van der Waals surface area contributed by atoms with Crippen molar-refractivity contribution in [1.82, 2.24) is 0 Å². The second-order valence-corrected chi connectivity index (χ2v) is 4.27. The zero-order valence-corrected chi connectivity index (χ0v) is 9.95. The molecule has 106 valence electrons. The number of benzene rings is 1. The predicted octanol–water partition coefficient (Wildman–Crippen LogP) is 2.04. The summed E-state index contributed by atoms with van der Waals surface area (Å²) in [5, 5.41) is 9.17. The van der Waals surface area contributed by atoms with E-state index in [2.05, 4.69) is 0 Å². The summed E-state index contributed by atoms with van der Waals surface area (Å²) in [6, 6.07) is 1.95. The van der Waals surface area contributed by atoms with Crippen LogP contribution in [0.4, 0.5) is 23.2 Å². The Kier molecular flexibility index (Phi) is 3.96. The van der Waals surface area contributed by atoms with Crippen LogP contribution in [0, 0.1) is 5.82 Å². The number of alkyl halides is 3. The first-order valence-corrected chi connectivity index (χ1v) is 5.75. The largest absolute Gasteiger partial charge is 0.416 e.